The molecule has 0 spiro atoms. The van der Waals surface area contributed by atoms with Crippen LogP contribution in [0.15, 0.2) is 24.4 Å². The Balaban J connectivity index is 1.77. The fourth-order valence-electron chi connectivity index (χ4n) is 2.22. The summed E-state index contributed by atoms with van der Waals surface area (Å²) in [6.45, 7) is 7.21. The van der Waals surface area contributed by atoms with Gasteiger partial charge in [-0.1, -0.05) is 6.07 Å². The Bertz CT molecular complexity index is 625. The molecule has 1 aliphatic rings. The minimum absolute atomic E-state index is 0.645. The lowest BCUT2D eigenvalue weighted by atomic mass is 10.1. The fourth-order valence-corrected chi connectivity index (χ4v) is 2.22. The Morgan fingerprint density at radius 1 is 1.14 bits per heavy atom. The zero-order chi connectivity index (χ0) is 14.7. The van der Waals surface area contributed by atoms with Crippen molar-refractivity contribution in [2.45, 2.75) is 13.8 Å². The molecule has 1 saturated heterocycles. The van der Waals surface area contributed by atoms with Crippen LogP contribution in [0.2, 0.25) is 0 Å². The molecule has 0 bridgehead atoms. The third-order valence-electron chi connectivity index (χ3n) is 3.62. The first-order valence-corrected chi connectivity index (χ1v) is 7.09. The molecule has 2 heterocycles. The van der Waals surface area contributed by atoms with E-state index in [-0.39, 0.29) is 0 Å². The molecule has 1 aliphatic heterocycles. The van der Waals surface area contributed by atoms with E-state index >= 15 is 0 Å². The van der Waals surface area contributed by atoms with Crippen LogP contribution in [0.25, 0.3) is 0 Å². The van der Waals surface area contributed by atoms with Crippen molar-refractivity contribution < 1.29 is 4.74 Å². The van der Waals surface area contributed by atoms with E-state index in [1.54, 1.807) is 6.20 Å². The van der Waals surface area contributed by atoms with Gasteiger partial charge in [0, 0.05) is 18.8 Å². The summed E-state index contributed by atoms with van der Waals surface area (Å²) in [6.07, 6.45) is 1.64. The normalized spacial score (nSPS) is 15.0. The monoisotopic (exact) mass is 285 g/mol. The Hall–Kier alpha value is -2.21. The fraction of sp³-hybridized carbons (Fsp3) is 0.400. The van der Waals surface area contributed by atoms with Gasteiger partial charge in [-0.05, 0) is 37.1 Å². The predicted molar refractivity (Wildman–Crippen MR) is 82.1 cm³/mol. The molecule has 0 amide bonds. The third kappa shape index (κ3) is 3.28. The molecular weight excluding hydrogens is 266 g/mol. The van der Waals surface area contributed by atoms with E-state index in [4.69, 9.17) is 4.74 Å². The first kappa shape index (κ1) is 13.8. The summed E-state index contributed by atoms with van der Waals surface area (Å²) in [7, 11) is 0. The minimum Gasteiger partial charge on any atom is -0.378 e. The molecule has 0 atom stereocenters. The highest BCUT2D eigenvalue weighted by Gasteiger charge is 2.14. The van der Waals surface area contributed by atoms with E-state index < -0.39 is 0 Å². The second-order valence-electron chi connectivity index (χ2n) is 5.17. The molecule has 3 rings (SSSR count). The molecule has 1 N–H and O–H groups in total. The van der Waals surface area contributed by atoms with Crippen molar-refractivity contribution >= 4 is 17.5 Å². The summed E-state index contributed by atoms with van der Waals surface area (Å²) in [5.74, 6) is 1.35. The minimum atomic E-state index is 0.645. The summed E-state index contributed by atoms with van der Waals surface area (Å²) >= 11 is 0. The lowest BCUT2D eigenvalue weighted by Crippen LogP contribution is -2.37. The van der Waals surface area contributed by atoms with Crippen molar-refractivity contribution in [1.82, 2.24) is 15.2 Å². The van der Waals surface area contributed by atoms with Crippen LogP contribution in [0.1, 0.15) is 11.1 Å². The van der Waals surface area contributed by atoms with Gasteiger partial charge in [-0.25, -0.2) is 0 Å². The number of rotatable bonds is 3. The molecular formula is C15H19N5O. The van der Waals surface area contributed by atoms with Gasteiger partial charge in [0.15, 0.2) is 5.82 Å². The van der Waals surface area contributed by atoms with Crippen LogP contribution in [0.5, 0.6) is 0 Å². The predicted octanol–water partition coefficient (Wildman–Crippen LogP) is 2.07. The van der Waals surface area contributed by atoms with Crippen LogP contribution in [0, 0.1) is 13.8 Å². The number of nitrogens with zero attached hydrogens (tertiary/aromatic N) is 4. The number of benzene rings is 1. The average Bonchev–Trinajstić information content (AvgIpc) is 2.52. The number of nitrogens with one attached hydrogen (secondary N) is 1. The quantitative estimate of drug-likeness (QED) is 0.931. The summed E-state index contributed by atoms with van der Waals surface area (Å²) in [5.41, 5.74) is 3.53. The van der Waals surface area contributed by atoms with Crippen molar-refractivity contribution in [2.24, 2.45) is 0 Å². The molecule has 110 valence electrons. The molecule has 0 unspecified atom stereocenters. The van der Waals surface area contributed by atoms with Gasteiger partial charge in [0.05, 0.1) is 19.4 Å². The number of morpholine rings is 1. The Morgan fingerprint density at radius 2 is 1.95 bits per heavy atom. The molecule has 6 nitrogen and oxygen atoms in total. The molecule has 1 aromatic heterocycles. The lowest BCUT2D eigenvalue weighted by molar-refractivity contribution is 0.122. The first-order chi connectivity index (χ1) is 10.2. The zero-order valence-electron chi connectivity index (χ0n) is 12.3. The molecule has 0 aliphatic carbocycles. The van der Waals surface area contributed by atoms with Crippen LogP contribution in [0.3, 0.4) is 0 Å². The second kappa shape index (κ2) is 6.05. The topological polar surface area (TPSA) is 63.2 Å². The van der Waals surface area contributed by atoms with Crippen LogP contribution in [-0.4, -0.2) is 41.5 Å². The van der Waals surface area contributed by atoms with Crippen LogP contribution in [-0.2, 0) is 4.74 Å². The van der Waals surface area contributed by atoms with Gasteiger partial charge in [-0.15, -0.1) is 5.10 Å². The van der Waals surface area contributed by atoms with Crippen LogP contribution < -0.4 is 10.2 Å². The smallest absolute Gasteiger partial charge is 0.247 e. The molecule has 6 heteroatoms. The maximum atomic E-state index is 5.34. The largest absolute Gasteiger partial charge is 0.378 e. The van der Waals surface area contributed by atoms with Crippen molar-refractivity contribution in [2.75, 3.05) is 36.5 Å². The van der Waals surface area contributed by atoms with E-state index in [0.717, 1.165) is 18.8 Å². The highest BCUT2D eigenvalue weighted by atomic mass is 16.5. The van der Waals surface area contributed by atoms with Gasteiger partial charge in [0.1, 0.15) is 0 Å². The maximum absolute atomic E-state index is 5.34. The van der Waals surface area contributed by atoms with Gasteiger partial charge in [-0.2, -0.15) is 10.1 Å². The highest BCUT2D eigenvalue weighted by molar-refractivity contribution is 5.58. The summed E-state index contributed by atoms with van der Waals surface area (Å²) in [6, 6.07) is 6.24. The molecule has 0 radical (unpaired) electrons. The van der Waals surface area contributed by atoms with Gasteiger partial charge in [0.2, 0.25) is 5.95 Å². The SMILES string of the molecule is Cc1ccc(Nc2cnnc(N3CCOCC3)n2)cc1C. The van der Waals surface area contributed by atoms with Gasteiger partial charge in [0.25, 0.3) is 0 Å². The lowest BCUT2D eigenvalue weighted by Gasteiger charge is -2.26. The maximum Gasteiger partial charge on any atom is 0.247 e. The number of hydrogen-bond acceptors (Lipinski definition) is 6. The number of hydrogen-bond donors (Lipinski definition) is 1. The number of ether oxygens (including phenoxy) is 1. The average molecular weight is 285 g/mol. The second-order valence-corrected chi connectivity index (χ2v) is 5.17. The number of aromatic nitrogens is 3. The molecule has 2 aromatic rings. The summed E-state index contributed by atoms with van der Waals surface area (Å²) in [5, 5.41) is 11.4. The van der Waals surface area contributed by atoms with Crippen LogP contribution in [0.4, 0.5) is 17.5 Å². The highest BCUT2D eigenvalue weighted by Crippen LogP contribution is 2.19. The van der Waals surface area contributed by atoms with Gasteiger partial charge < -0.3 is 15.0 Å². The Morgan fingerprint density at radius 3 is 2.71 bits per heavy atom. The van der Waals surface area contributed by atoms with Crippen LogP contribution >= 0.6 is 0 Å². The number of anilines is 3. The Kier molecular flexibility index (Phi) is 3.96. The van der Waals surface area contributed by atoms with E-state index in [2.05, 4.69) is 51.4 Å². The zero-order valence-corrected chi connectivity index (χ0v) is 12.3. The standard InChI is InChI=1S/C15H19N5O/c1-11-3-4-13(9-12(11)2)17-14-10-16-19-15(18-14)20-5-7-21-8-6-20/h3-4,9-10H,5-8H2,1-2H3,(H,17,18,19). The van der Waals surface area contributed by atoms with Gasteiger partial charge >= 0.3 is 0 Å². The van der Waals surface area contributed by atoms with E-state index in [1.807, 2.05) is 6.07 Å². The van der Waals surface area contributed by atoms with Crippen molar-refractivity contribution in [1.29, 1.82) is 0 Å². The van der Waals surface area contributed by atoms with E-state index in [9.17, 15) is 0 Å². The summed E-state index contributed by atoms with van der Waals surface area (Å²) in [4.78, 5) is 6.61. The molecule has 1 aromatic carbocycles. The van der Waals surface area contributed by atoms with Crippen molar-refractivity contribution in [3.8, 4) is 0 Å². The molecule has 0 saturated carbocycles. The third-order valence-corrected chi connectivity index (χ3v) is 3.62. The first-order valence-electron chi connectivity index (χ1n) is 7.09. The Labute approximate surface area is 124 Å². The van der Waals surface area contributed by atoms with E-state index in [1.165, 1.54) is 11.1 Å². The van der Waals surface area contributed by atoms with Crippen molar-refractivity contribution in [3.05, 3.63) is 35.5 Å². The number of aryl methyl sites for hydroxylation is 2. The molecule has 21 heavy (non-hydrogen) atoms. The van der Waals surface area contributed by atoms with Gasteiger partial charge in [-0.3, -0.25) is 0 Å². The van der Waals surface area contributed by atoms with Crippen molar-refractivity contribution in [3.63, 3.8) is 0 Å². The summed E-state index contributed by atoms with van der Waals surface area (Å²) < 4.78 is 5.34. The molecule has 1 fully saturated rings. The van der Waals surface area contributed by atoms with E-state index in [0.29, 0.717) is 25.0 Å².